The Morgan fingerprint density at radius 2 is 1.88 bits per heavy atom. The Morgan fingerprint density at radius 3 is 2.58 bits per heavy atom. The summed E-state index contributed by atoms with van der Waals surface area (Å²) in [7, 11) is 0. The highest BCUT2D eigenvalue weighted by Crippen LogP contribution is 2.36. The van der Waals surface area contributed by atoms with Crippen LogP contribution in [0.5, 0.6) is 0 Å². The monoisotopic (exact) mass is 356 g/mol. The summed E-state index contributed by atoms with van der Waals surface area (Å²) in [6, 6.07) is 7.11. The van der Waals surface area contributed by atoms with Crippen LogP contribution < -0.4 is 16.4 Å². The van der Waals surface area contributed by atoms with Crippen LogP contribution in [0.2, 0.25) is 0 Å². The minimum atomic E-state index is -0.654. The maximum absolute atomic E-state index is 12.8. The molecule has 2 aliphatic rings. The minimum absolute atomic E-state index is 0.0423. The first-order chi connectivity index (χ1) is 12.7. The normalized spacial score (nSPS) is 23.8. The fourth-order valence-electron chi connectivity index (χ4n) is 4.36. The number of nitrogens with zero attached hydrogens (tertiary/aromatic N) is 1. The Morgan fingerprint density at radius 1 is 1.12 bits per heavy atom. The fourth-order valence-corrected chi connectivity index (χ4v) is 4.36. The standard InChI is InChI=1S/C19H24N4O3/c24-18(16-15(10-11-20-16)12-4-2-1-3-5-12)21-14-8-6-13(7-9-14)17-22-19(25)26-23-17/h6-9,12,15-16,20H,1-5,10-11H2,(H,21,24)(H,22,23,25)/t15?,16-/m0/s1. The van der Waals surface area contributed by atoms with E-state index in [-0.39, 0.29) is 11.9 Å². The van der Waals surface area contributed by atoms with E-state index < -0.39 is 5.76 Å². The number of carbonyl (C=O) groups is 1. The molecule has 1 saturated heterocycles. The highest BCUT2D eigenvalue weighted by molar-refractivity contribution is 5.95. The average Bonchev–Trinajstić information content (AvgIpc) is 3.32. The zero-order valence-corrected chi connectivity index (χ0v) is 14.7. The number of hydrogen-bond donors (Lipinski definition) is 3. The molecule has 3 N–H and O–H groups in total. The van der Waals surface area contributed by atoms with Crippen LogP contribution in [0.3, 0.4) is 0 Å². The highest BCUT2D eigenvalue weighted by Gasteiger charge is 2.38. The molecule has 1 aromatic heterocycles. The minimum Gasteiger partial charge on any atom is -0.325 e. The van der Waals surface area contributed by atoms with Gasteiger partial charge in [0.15, 0.2) is 5.82 Å². The molecular weight excluding hydrogens is 332 g/mol. The van der Waals surface area contributed by atoms with Crippen molar-refractivity contribution in [2.45, 2.75) is 44.6 Å². The molecule has 26 heavy (non-hydrogen) atoms. The van der Waals surface area contributed by atoms with Gasteiger partial charge in [-0.25, -0.2) is 4.79 Å². The van der Waals surface area contributed by atoms with Gasteiger partial charge >= 0.3 is 5.76 Å². The number of carbonyl (C=O) groups excluding carboxylic acids is 1. The van der Waals surface area contributed by atoms with Gasteiger partial charge in [-0.3, -0.25) is 4.79 Å². The summed E-state index contributed by atoms with van der Waals surface area (Å²) in [6.07, 6.45) is 7.50. The van der Waals surface area contributed by atoms with Crippen molar-refractivity contribution in [1.29, 1.82) is 0 Å². The predicted octanol–water partition coefficient (Wildman–Crippen LogP) is 2.53. The maximum Gasteiger partial charge on any atom is 0.460 e. The molecule has 1 aliphatic heterocycles. The third-order valence-corrected chi connectivity index (χ3v) is 5.67. The van der Waals surface area contributed by atoms with Crippen LogP contribution in [-0.4, -0.2) is 28.6 Å². The Hall–Kier alpha value is -2.41. The van der Waals surface area contributed by atoms with Crippen molar-refractivity contribution in [2.75, 3.05) is 11.9 Å². The summed E-state index contributed by atoms with van der Waals surface area (Å²) in [5.41, 5.74) is 1.47. The molecule has 2 aromatic rings. The van der Waals surface area contributed by atoms with Crippen LogP contribution in [0.25, 0.3) is 11.4 Å². The number of H-pyrrole nitrogens is 1. The molecule has 138 valence electrons. The lowest BCUT2D eigenvalue weighted by Crippen LogP contribution is -2.42. The Labute approximate surface area is 151 Å². The van der Waals surface area contributed by atoms with Crippen LogP contribution >= 0.6 is 0 Å². The van der Waals surface area contributed by atoms with Gasteiger partial charge in [-0.15, -0.1) is 0 Å². The second kappa shape index (κ2) is 7.45. The summed E-state index contributed by atoms with van der Waals surface area (Å²) in [4.78, 5) is 27.5. The number of aromatic nitrogens is 2. The van der Waals surface area contributed by atoms with E-state index in [1.807, 2.05) is 12.1 Å². The average molecular weight is 356 g/mol. The lowest BCUT2D eigenvalue weighted by Gasteiger charge is -2.30. The van der Waals surface area contributed by atoms with E-state index in [4.69, 9.17) is 0 Å². The Balaban J connectivity index is 1.41. The lowest BCUT2D eigenvalue weighted by molar-refractivity contribution is -0.119. The van der Waals surface area contributed by atoms with Crippen molar-refractivity contribution in [3.63, 3.8) is 0 Å². The first kappa shape index (κ1) is 17.0. The molecule has 1 aliphatic carbocycles. The van der Waals surface area contributed by atoms with Crippen molar-refractivity contribution < 1.29 is 9.32 Å². The van der Waals surface area contributed by atoms with Gasteiger partial charge in [0, 0.05) is 11.3 Å². The smallest absolute Gasteiger partial charge is 0.325 e. The summed E-state index contributed by atoms with van der Waals surface area (Å²) < 4.78 is 4.58. The number of hydrogen-bond acceptors (Lipinski definition) is 5. The zero-order chi connectivity index (χ0) is 17.9. The van der Waals surface area contributed by atoms with Crippen LogP contribution in [0.15, 0.2) is 33.6 Å². The summed E-state index contributed by atoms with van der Waals surface area (Å²) in [6.45, 7) is 0.914. The second-order valence-corrected chi connectivity index (χ2v) is 7.28. The van der Waals surface area contributed by atoms with Crippen molar-refractivity contribution in [3.05, 3.63) is 34.8 Å². The van der Waals surface area contributed by atoms with Crippen molar-refractivity contribution in [2.24, 2.45) is 11.8 Å². The second-order valence-electron chi connectivity index (χ2n) is 7.28. The molecule has 7 nitrogen and oxygen atoms in total. The molecule has 0 radical (unpaired) electrons. The van der Waals surface area contributed by atoms with Crippen LogP contribution in [-0.2, 0) is 4.79 Å². The van der Waals surface area contributed by atoms with E-state index in [0.717, 1.165) is 24.2 Å². The summed E-state index contributed by atoms with van der Waals surface area (Å²) in [5.74, 6) is 0.873. The van der Waals surface area contributed by atoms with Gasteiger partial charge in [0.2, 0.25) is 5.91 Å². The number of aromatic amines is 1. The quantitative estimate of drug-likeness (QED) is 0.782. The van der Waals surface area contributed by atoms with Crippen molar-refractivity contribution >= 4 is 11.6 Å². The highest BCUT2D eigenvalue weighted by atomic mass is 16.5. The third kappa shape index (κ3) is 3.58. The van der Waals surface area contributed by atoms with E-state index in [2.05, 4.69) is 25.3 Å². The van der Waals surface area contributed by atoms with E-state index in [9.17, 15) is 9.59 Å². The molecular formula is C19H24N4O3. The Bertz CT molecular complexity index is 805. The number of amides is 1. The first-order valence-electron chi connectivity index (χ1n) is 9.41. The number of rotatable bonds is 4. The van der Waals surface area contributed by atoms with Gasteiger partial charge in [-0.05, 0) is 49.1 Å². The molecule has 2 fully saturated rings. The summed E-state index contributed by atoms with van der Waals surface area (Å²) >= 11 is 0. The number of anilines is 1. The predicted molar refractivity (Wildman–Crippen MR) is 97.7 cm³/mol. The van der Waals surface area contributed by atoms with Crippen molar-refractivity contribution in [3.8, 4) is 11.4 Å². The number of nitrogens with one attached hydrogen (secondary N) is 3. The van der Waals surface area contributed by atoms with E-state index in [0.29, 0.717) is 17.7 Å². The topological polar surface area (TPSA) is 100 Å². The van der Waals surface area contributed by atoms with Gasteiger partial charge in [0.05, 0.1) is 6.04 Å². The largest absolute Gasteiger partial charge is 0.460 e. The van der Waals surface area contributed by atoms with Crippen LogP contribution in [0.1, 0.15) is 38.5 Å². The summed E-state index contributed by atoms with van der Waals surface area (Å²) in [5, 5.41) is 8.88. The molecule has 1 unspecified atom stereocenters. The molecule has 7 heteroatoms. The van der Waals surface area contributed by atoms with Crippen molar-refractivity contribution in [1.82, 2.24) is 15.5 Å². The first-order valence-corrected chi connectivity index (χ1v) is 9.41. The molecule has 1 saturated carbocycles. The molecule has 2 atom stereocenters. The molecule has 0 spiro atoms. The van der Waals surface area contributed by atoms with Crippen LogP contribution in [0, 0.1) is 11.8 Å². The van der Waals surface area contributed by atoms with Gasteiger partial charge in [-0.2, -0.15) is 10.1 Å². The molecule has 0 bridgehead atoms. The fraction of sp³-hybridized carbons (Fsp3) is 0.526. The van der Waals surface area contributed by atoms with Gasteiger partial charge < -0.3 is 15.2 Å². The van der Waals surface area contributed by atoms with Gasteiger partial charge in [0.25, 0.3) is 0 Å². The van der Waals surface area contributed by atoms with Crippen LogP contribution in [0.4, 0.5) is 5.69 Å². The molecule has 1 aromatic carbocycles. The van der Waals surface area contributed by atoms with Gasteiger partial charge in [0.1, 0.15) is 0 Å². The van der Waals surface area contributed by atoms with E-state index >= 15 is 0 Å². The third-order valence-electron chi connectivity index (χ3n) is 5.67. The number of benzene rings is 1. The SMILES string of the molecule is O=C(Nc1ccc(-c2nc(=O)o[nH]2)cc1)[C@H]1NCCC1C1CCCCC1. The van der Waals surface area contributed by atoms with E-state index in [1.54, 1.807) is 12.1 Å². The van der Waals surface area contributed by atoms with Gasteiger partial charge in [-0.1, -0.05) is 32.1 Å². The zero-order valence-electron chi connectivity index (χ0n) is 14.7. The Kier molecular flexibility index (Phi) is 4.88. The maximum atomic E-state index is 12.8. The van der Waals surface area contributed by atoms with E-state index in [1.165, 1.54) is 32.1 Å². The lowest BCUT2D eigenvalue weighted by atomic mass is 9.76. The molecule has 1 amide bonds. The molecule has 4 rings (SSSR count). The molecule has 2 heterocycles.